The molecule has 3 aromatic rings. The number of nitrogen functional groups attached to an aromatic ring is 1. The second-order valence-corrected chi connectivity index (χ2v) is 6.36. The monoisotopic (exact) mass is 363 g/mol. The van der Waals surface area contributed by atoms with Gasteiger partial charge < -0.3 is 10.5 Å². The van der Waals surface area contributed by atoms with Gasteiger partial charge in [0, 0.05) is 17.5 Å². The summed E-state index contributed by atoms with van der Waals surface area (Å²) in [6, 6.07) is 9.98. The van der Waals surface area contributed by atoms with Crippen molar-refractivity contribution in [2.45, 2.75) is 0 Å². The van der Waals surface area contributed by atoms with E-state index in [9.17, 15) is 0 Å². The third kappa shape index (κ3) is 2.45. The predicted octanol–water partition coefficient (Wildman–Crippen LogP) is 4.17. The van der Waals surface area contributed by atoms with E-state index in [1.807, 2.05) is 36.7 Å². The average molecular weight is 364 g/mol. The molecule has 0 atom stereocenters. The summed E-state index contributed by atoms with van der Waals surface area (Å²) in [5, 5.41) is 6.61. The van der Waals surface area contributed by atoms with Gasteiger partial charge in [0.2, 0.25) is 0 Å². The minimum atomic E-state index is 0.666. The largest absolute Gasteiger partial charge is 0.496 e. The maximum atomic E-state index is 6.20. The summed E-state index contributed by atoms with van der Waals surface area (Å²) in [5.74, 6) is 1.46. The Morgan fingerprint density at radius 1 is 1.33 bits per heavy atom. The minimum absolute atomic E-state index is 0.666. The zero-order valence-electron chi connectivity index (χ0n) is 11.6. The van der Waals surface area contributed by atoms with Crippen LogP contribution in [0.1, 0.15) is 0 Å². The number of rotatable bonds is 3. The maximum Gasteiger partial charge on any atom is 0.133 e. The van der Waals surface area contributed by atoms with Gasteiger partial charge in [-0.25, -0.2) is 0 Å². The number of halogens is 1. The summed E-state index contributed by atoms with van der Waals surface area (Å²) >= 11 is 5.17. The molecule has 0 amide bonds. The van der Waals surface area contributed by atoms with E-state index >= 15 is 0 Å². The number of nitrogens with two attached hydrogens (primary N) is 1. The quantitative estimate of drug-likeness (QED) is 0.759. The Morgan fingerprint density at radius 2 is 2.14 bits per heavy atom. The van der Waals surface area contributed by atoms with Gasteiger partial charge in [-0.3, -0.25) is 4.68 Å². The van der Waals surface area contributed by atoms with Crippen molar-refractivity contribution in [1.29, 1.82) is 0 Å². The second-order valence-electron chi connectivity index (χ2n) is 4.56. The van der Waals surface area contributed by atoms with Gasteiger partial charge in [-0.05, 0) is 45.6 Å². The number of methoxy groups -OCH3 is 1. The van der Waals surface area contributed by atoms with Crippen LogP contribution in [0, 0.1) is 0 Å². The van der Waals surface area contributed by atoms with Crippen molar-refractivity contribution in [3.63, 3.8) is 0 Å². The Labute approximate surface area is 135 Å². The van der Waals surface area contributed by atoms with E-state index in [1.54, 1.807) is 23.1 Å². The Balaban J connectivity index is 2.19. The van der Waals surface area contributed by atoms with Gasteiger partial charge in [0.05, 0.1) is 17.1 Å². The number of ether oxygens (including phenoxy) is 1. The lowest BCUT2D eigenvalue weighted by Crippen LogP contribution is -1.97. The first-order valence-corrected chi connectivity index (χ1v) is 7.99. The summed E-state index contributed by atoms with van der Waals surface area (Å²) < 4.78 is 7.88. The highest BCUT2D eigenvalue weighted by Crippen LogP contribution is 2.40. The molecule has 4 nitrogen and oxygen atoms in total. The fourth-order valence-corrected chi connectivity index (χ4v) is 3.54. The number of thiophene rings is 1. The van der Waals surface area contributed by atoms with Crippen molar-refractivity contribution < 1.29 is 4.74 Å². The first-order valence-electron chi connectivity index (χ1n) is 6.32. The standard InChI is InChI=1S/C15H14BrN3OS/c1-19-15(17)13(12-4-3-7-21-12)14(18-19)9-5-6-11(20-2)10(16)8-9/h3-8H,17H2,1-2H3. The van der Waals surface area contributed by atoms with Crippen molar-refractivity contribution in [2.75, 3.05) is 12.8 Å². The molecule has 2 heterocycles. The van der Waals surface area contributed by atoms with E-state index in [0.717, 1.165) is 31.9 Å². The van der Waals surface area contributed by atoms with Gasteiger partial charge in [0.1, 0.15) is 17.3 Å². The molecular formula is C15H14BrN3OS. The van der Waals surface area contributed by atoms with E-state index in [2.05, 4.69) is 27.1 Å². The summed E-state index contributed by atoms with van der Waals surface area (Å²) in [6.07, 6.45) is 0. The average Bonchev–Trinajstić information content (AvgIpc) is 3.08. The third-order valence-electron chi connectivity index (χ3n) is 3.28. The van der Waals surface area contributed by atoms with Gasteiger partial charge in [0.15, 0.2) is 0 Å². The molecule has 21 heavy (non-hydrogen) atoms. The van der Waals surface area contributed by atoms with Crippen LogP contribution in [0.4, 0.5) is 5.82 Å². The number of anilines is 1. The lowest BCUT2D eigenvalue weighted by molar-refractivity contribution is 0.412. The van der Waals surface area contributed by atoms with E-state index in [-0.39, 0.29) is 0 Å². The highest BCUT2D eigenvalue weighted by Gasteiger charge is 2.18. The predicted molar refractivity (Wildman–Crippen MR) is 90.6 cm³/mol. The van der Waals surface area contributed by atoms with Gasteiger partial charge in [-0.15, -0.1) is 11.3 Å². The van der Waals surface area contributed by atoms with Crippen LogP contribution in [0.25, 0.3) is 21.7 Å². The zero-order valence-corrected chi connectivity index (χ0v) is 14.0. The summed E-state index contributed by atoms with van der Waals surface area (Å²) in [7, 11) is 3.50. The molecule has 2 N–H and O–H groups in total. The summed E-state index contributed by atoms with van der Waals surface area (Å²) in [6.45, 7) is 0. The van der Waals surface area contributed by atoms with Gasteiger partial charge in [-0.1, -0.05) is 6.07 Å². The molecule has 2 aromatic heterocycles. The first-order chi connectivity index (χ1) is 10.1. The Kier molecular flexibility index (Phi) is 3.73. The molecule has 0 aliphatic rings. The molecule has 0 fully saturated rings. The van der Waals surface area contributed by atoms with Crippen molar-refractivity contribution >= 4 is 33.1 Å². The van der Waals surface area contributed by atoms with E-state index in [0.29, 0.717) is 5.82 Å². The SMILES string of the molecule is COc1ccc(-c2nn(C)c(N)c2-c2cccs2)cc1Br. The minimum Gasteiger partial charge on any atom is -0.496 e. The summed E-state index contributed by atoms with van der Waals surface area (Å²) in [5.41, 5.74) is 9.05. The smallest absolute Gasteiger partial charge is 0.133 e. The van der Waals surface area contributed by atoms with Crippen LogP contribution in [-0.4, -0.2) is 16.9 Å². The fourth-order valence-electron chi connectivity index (χ4n) is 2.22. The van der Waals surface area contributed by atoms with Crippen molar-refractivity contribution in [2.24, 2.45) is 7.05 Å². The molecule has 6 heteroatoms. The van der Waals surface area contributed by atoms with Crippen molar-refractivity contribution in [3.05, 3.63) is 40.2 Å². The number of hydrogen-bond donors (Lipinski definition) is 1. The van der Waals surface area contributed by atoms with Gasteiger partial charge >= 0.3 is 0 Å². The lowest BCUT2D eigenvalue weighted by Gasteiger charge is -2.06. The normalized spacial score (nSPS) is 10.8. The third-order valence-corrected chi connectivity index (χ3v) is 4.79. The molecule has 3 rings (SSSR count). The Morgan fingerprint density at radius 3 is 2.76 bits per heavy atom. The number of nitrogens with zero attached hydrogens (tertiary/aromatic N) is 2. The van der Waals surface area contributed by atoms with Crippen molar-refractivity contribution in [1.82, 2.24) is 9.78 Å². The number of hydrogen-bond acceptors (Lipinski definition) is 4. The van der Waals surface area contributed by atoms with E-state index < -0.39 is 0 Å². The van der Waals surface area contributed by atoms with Gasteiger partial charge in [0.25, 0.3) is 0 Å². The van der Waals surface area contributed by atoms with Crippen LogP contribution in [-0.2, 0) is 7.05 Å². The molecule has 0 unspecified atom stereocenters. The molecule has 0 aliphatic heterocycles. The topological polar surface area (TPSA) is 53.1 Å². The maximum absolute atomic E-state index is 6.20. The zero-order chi connectivity index (χ0) is 15.0. The number of aromatic nitrogens is 2. The van der Waals surface area contributed by atoms with Gasteiger partial charge in [-0.2, -0.15) is 5.10 Å². The lowest BCUT2D eigenvalue weighted by atomic mass is 10.1. The number of benzene rings is 1. The Bertz CT molecular complexity index is 781. The molecular weight excluding hydrogens is 350 g/mol. The Hall–Kier alpha value is -1.79. The second kappa shape index (κ2) is 5.54. The molecule has 0 bridgehead atoms. The molecule has 0 saturated carbocycles. The molecule has 0 saturated heterocycles. The molecule has 0 radical (unpaired) electrons. The van der Waals surface area contributed by atoms with Crippen molar-refractivity contribution in [3.8, 4) is 27.4 Å². The van der Waals surface area contributed by atoms with Crippen LogP contribution in [0.5, 0.6) is 5.75 Å². The first kappa shape index (κ1) is 14.2. The fraction of sp³-hybridized carbons (Fsp3) is 0.133. The van der Waals surface area contributed by atoms with Crippen LogP contribution >= 0.6 is 27.3 Å². The van der Waals surface area contributed by atoms with Crippen LogP contribution in [0.3, 0.4) is 0 Å². The van der Waals surface area contributed by atoms with Crippen LogP contribution in [0.15, 0.2) is 40.2 Å². The highest BCUT2D eigenvalue weighted by atomic mass is 79.9. The molecule has 0 aliphatic carbocycles. The van der Waals surface area contributed by atoms with Crippen LogP contribution in [0.2, 0.25) is 0 Å². The molecule has 108 valence electrons. The van der Waals surface area contributed by atoms with E-state index in [4.69, 9.17) is 10.5 Å². The summed E-state index contributed by atoms with van der Waals surface area (Å²) in [4.78, 5) is 1.11. The molecule has 1 aromatic carbocycles. The highest BCUT2D eigenvalue weighted by molar-refractivity contribution is 9.10. The molecule has 0 spiro atoms. The van der Waals surface area contributed by atoms with E-state index in [1.165, 1.54) is 0 Å². The number of aryl methyl sites for hydroxylation is 1. The van der Waals surface area contributed by atoms with Crippen LogP contribution < -0.4 is 10.5 Å².